The van der Waals surface area contributed by atoms with Crippen molar-refractivity contribution in [2.45, 2.75) is 0 Å². The third-order valence-corrected chi connectivity index (χ3v) is 0.0430. The Morgan fingerprint density at radius 1 is 1.44 bits per heavy atom. The number of hydrogen-bond acceptors (Lipinski definition) is 3. The maximum Gasteiger partial charge on any atom is 0 e. The van der Waals surface area contributed by atoms with Gasteiger partial charge in [0.15, 0.2) is 0 Å². The van der Waals surface area contributed by atoms with Crippen molar-refractivity contribution in [2.75, 3.05) is 0 Å². The van der Waals surface area contributed by atoms with E-state index in [9.17, 15) is 0 Å². The monoisotopic (exact) mass is 316 g/mol. The molecule has 0 amide bonds. The van der Waals surface area contributed by atoms with Crippen molar-refractivity contribution < 1.29 is 30.9 Å². The minimum atomic E-state index is -0.106. The molecule has 0 aromatic heterocycles. The quantitative estimate of drug-likeness (QED) is 0.326. The molecular weight excluding hydrogens is 316 g/mol. The summed E-state index contributed by atoms with van der Waals surface area (Å²) in [5, 5.41) is 7.01. The fraction of sp³-hybridized carbons (Fsp3) is 0. The van der Waals surface area contributed by atoms with E-state index in [4.69, 9.17) is 29.1 Å². The molecule has 3 nitrogen and oxygen atoms in total. The summed E-state index contributed by atoms with van der Waals surface area (Å²) in [5.41, 5.74) is 0. The third-order valence-electron chi connectivity index (χ3n) is 0.0430. The van der Waals surface area contributed by atoms with Crippen LogP contribution in [0.25, 0.3) is 0 Å². The van der Waals surface area contributed by atoms with Crippen LogP contribution in [0.1, 0.15) is 0 Å². The van der Waals surface area contributed by atoms with Crippen molar-refractivity contribution >= 4 is 128 Å². The first-order valence-corrected chi connectivity index (χ1v) is 4.90. The molecule has 0 aromatic carbocycles. The molecule has 0 spiro atoms. The summed E-state index contributed by atoms with van der Waals surface area (Å²) < 4.78 is 0. The predicted octanol–water partition coefficient (Wildman–Crippen LogP) is 0.247. The van der Waals surface area contributed by atoms with Gasteiger partial charge in [0.05, 0.1) is 0 Å². The molecule has 0 aliphatic heterocycles. The Hall–Kier alpha value is 3.95. The van der Waals surface area contributed by atoms with E-state index in [1.165, 1.54) is 0 Å². The largest absolute Gasteiger partial charge is 0 e. The molecule has 2 radical (unpaired) electrons. The topological polar surface area (TPSA) is 46.5 Å². The fourth-order valence-electron chi connectivity index (χ4n) is 0. The third kappa shape index (κ3) is 48.3. The number of carbonyl (C=O) groups is 1. The van der Waals surface area contributed by atoms with Crippen molar-refractivity contribution in [3.63, 3.8) is 0 Å². The Labute approximate surface area is 154 Å². The van der Waals surface area contributed by atoms with Crippen molar-refractivity contribution in [1.82, 2.24) is 0 Å². The van der Waals surface area contributed by atoms with E-state index in [1.54, 1.807) is 0 Å². The summed E-state index contributed by atoms with van der Waals surface area (Å²) in [4.78, 5) is 11.6. The minimum Gasteiger partial charge on any atom is 0 e. The van der Waals surface area contributed by atoms with Crippen LogP contribution in [0.15, 0.2) is 0 Å². The molecule has 1 N–H and O–H groups in total. The molecule has 0 heterocycles. The van der Waals surface area contributed by atoms with Crippen molar-refractivity contribution in [1.29, 1.82) is 0 Å². The minimum absolute atomic E-state index is 0. The van der Waals surface area contributed by atoms with Gasteiger partial charge in [0, 0.05) is 103 Å². The van der Waals surface area contributed by atoms with Crippen LogP contribution < -0.4 is 0 Å². The summed E-state index contributed by atoms with van der Waals surface area (Å²) in [7, 11) is 9.63. The van der Waals surface area contributed by atoms with Gasteiger partial charge in [-0.25, -0.2) is 5.26 Å². The first-order valence-electron chi connectivity index (χ1n) is 0.893. The molecule has 0 bridgehead atoms. The van der Waals surface area contributed by atoms with Crippen molar-refractivity contribution in [2.24, 2.45) is 0 Å². The molecule has 50 valence electrons. The first kappa shape index (κ1) is 23.1. The van der Waals surface area contributed by atoms with E-state index >= 15 is 0 Å². The maximum atomic E-state index is 8.70. The SMILES string of the molecule is O=COO.[Cl][Pd][Cl].[K].[K]. The van der Waals surface area contributed by atoms with Gasteiger partial charge in [0.2, 0.25) is 0 Å². The van der Waals surface area contributed by atoms with Gasteiger partial charge in [0.25, 0.3) is 0 Å². The number of carbonyl (C=O) groups excluding carboxylic acids is 1. The summed E-state index contributed by atoms with van der Waals surface area (Å²) in [6.45, 7) is -0.0694. The average Bonchev–Trinajstić information content (AvgIpc) is 1.69. The van der Waals surface area contributed by atoms with Gasteiger partial charge < -0.3 is 4.89 Å². The van der Waals surface area contributed by atoms with Gasteiger partial charge in [-0.3, -0.25) is 4.79 Å². The second-order valence-electron chi connectivity index (χ2n) is 0.247. The molecule has 0 fully saturated rings. The summed E-state index contributed by atoms with van der Waals surface area (Å²) in [5.74, 6) is 0. The Morgan fingerprint density at radius 2 is 1.56 bits per heavy atom. The van der Waals surface area contributed by atoms with E-state index in [0.29, 0.717) is 0 Å². The zero-order valence-electron chi connectivity index (χ0n) is 4.91. The molecule has 0 unspecified atom stereocenters. The number of halogens is 2. The molecule has 0 saturated heterocycles. The smallest absolute Gasteiger partial charge is 0 e. The standard InChI is InChI=1S/CH2O3.2ClH.2K.Pd/c2-1-4-3;;;;;/h1,3H;2*1H;;;/q;;;;;+2/p-2. The molecular formula is CH2Cl2K2O3Pd. The predicted molar refractivity (Wildman–Crippen MR) is 33.0 cm³/mol. The first-order chi connectivity index (χ1) is 3.33. The van der Waals surface area contributed by atoms with Gasteiger partial charge in [-0.1, -0.05) is 0 Å². The van der Waals surface area contributed by atoms with Gasteiger partial charge in [-0.05, 0) is 0 Å². The second-order valence-corrected chi connectivity index (χ2v) is 2.61. The van der Waals surface area contributed by atoms with Gasteiger partial charge in [-0.2, -0.15) is 0 Å². The Bertz CT molecular complexity index is 41.0. The molecule has 0 atom stereocenters. The Balaban J connectivity index is -0.0000000233. The average molecular weight is 318 g/mol. The van der Waals surface area contributed by atoms with E-state index in [1.807, 2.05) is 0 Å². The molecule has 0 aliphatic rings. The van der Waals surface area contributed by atoms with Crippen molar-refractivity contribution in [3.05, 3.63) is 0 Å². The van der Waals surface area contributed by atoms with Crippen LogP contribution in [-0.4, -0.2) is 114 Å². The van der Waals surface area contributed by atoms with Crippen molar-refractivity contribution in [3.8, 4) is 0 Å². The van der Waals surface area contributed by atoms with Gasteiger partial charge in [0.1, 0.15) is 0 Å². The van der Waals surface area contributed by atoms with Gasteiger partial charge >= 0.3 is 41.5 Å². The normalized spacial score (nSPS) is 4.78. The molecule has 0 aliphatic carbocycles. The van der Waals surface area contributed by atoms with Crippen LogP contribution in [-0.2, 0) is 25.6 Å². The molecule has 0 rings (SSSR count). The second kappa shape index (κ2) is 29.7. The Morgan fingerprint density at radius 3 is 1.56 bits per heavy atom. The van der Waals surface area contributed by atoms with E-state index in [2.05, 4.69) is 4.89 Å². The van der Waals surface area contributed by atoms with Crippen LogP contribution in [0, 0.1) is 0 Å². The summed E-state index contributed by atoms with van der Waals surface area (Å²) in [6, 6.07) is 0. The van der Waals surface area contributed by atoms with Gasteiger partial charge in [-0.15, -0.1) is 0 Å². The molecule has 9 heavy (non-hydrogen) atoms. The Kier molecular flexibility index (Phi) is 76.1. The summed E-state index contributed by atoms with van der Waals surface area (Å²) in [6.07, 6.45) is 0. The maximum absolute atomic E-state index is 8.70. The van der Waals surface area contributed by atoms with E-state index < -0.39 is 0 Å². The fourth-order valence-corrected chi connectivity index (χ4v) is 0. The van der Waals surface area contributed by atoms with Crippen LogP contribution in [0.2, 0.25) is 0 Å². The molecule has 0 aromatic rings. The van der Waals surface area contributed by atoms with E-state index in [0.717, 1.165) is 0 Å². The molecule has 8 heteroatoms. The summed E-state index contributed by atoms with van der Waals surface area (Å²) >= 11 is -0.106. The number of rotatable bonds is 1. The zero-order chi connectivity index (χ0) is 6.12. The van der Waals surface area contributed by atoms with Crippen LogP contribution in [0.4, 0.5) is 0 Å². The van der Waals surface area contributed by atoms with Crippen LogP contribution >= 0.6 is 19.1 Å². The number of hydrogen-bond donors (Lipinski definition) is 1. The van der Waals surface area contributed by atoms with E-state index in [-0.39, 0.29) is 125 Å². The molecule has 0 saturated carbocycles. The zero-order valence-corrected chi connectivity index (χ0v) is 14.2. The van der Waals surface area contributed by atoms with Crippen LogP contribution in [0.3, 0.4) is 0 Å². The van der Waals surface area contributed by atoms with Crippen LogP contribution in [0.5, 0.6) is 0 Å².